The summed E-state index contributed by atoms with van der Waals surface area (Å²) in [6.45, 7) is 3.76. The Morgan fingerprint density at radius 2 is 2.19 bits per heavy atom. The van der Waals surface area contributed by atoms with Crippen molar-refractivity contribution in [3.8, 4) is 0 Å². The van der Waals surface area contributed by atoms with Gasteiger partial charge in [-0.3, -0.25) is 4.79 Å². The minimum atomic E-state index is -0.0350. The van der Waals surface area contributed by atoms with Gasteiger partial charge in [0, 0.05) is 32.7 Å². The highest BCUT2D eigenvalue weighted by Crippen LogP contribution is 2.27. The first-order valence-corrected chi connectivity index (χ1v) is 7.90. The predicted molar refractivity (Wildman–Crippen MR) is 84.2 cm³/mol. The normalized spacial score (nSPS) is 26.2. The van der Waals surface area contributed by atoms with E-state index in [1.807, 2.05) is 24.1 Å². The molecule has 4 heteroatoms. The number of amides is 1. The molecule has 1 aromatic rings. The number of piperidine rings is 1. The molecule has 1 fully saturated rings. The standard InChI is InChI=1S/C17H25N3O/c1-19-9-5-7-14(12-19)20(2)17(21)16-11-18-10-13-6-3-4-8-15(13)16/h3-4,6,8,14,16,18H,5,7,9-12H2,1-2H3. The number of hydrogen-bond donors (Lipinski definition) is 1. The van der Waals surface area contributed by atoms with Crippen LogP contribution in [0.5, 0.6) is 0 Å². The number of carbonyl (C=O) groups is 1. The summed E-state index contributed by atoms with van der Waals surface area (Å²) in [5.41, 5.74) is 2.47. The molecule has 4 nitrogen and oxygen atoms in total. The topological polar surface area (TPSA) is 35.6 Å². The average Bonchev–Trinajstić information content (AvgIpc) is 2.53. The largest absolute Gasteiger partial charge is 0.341 e. The van der Waals surface area contributed by atoms with Crippen molar-refractivity contribution in [2.75, 3.05) is 33.7 Å². The summed E-state index contributed by atoms with van der Waals surface area (Å²) in [5, 5.41) is 3.38. The number of nitrogens with one attached hydrogen (secondary N) is 1. The van der Waals surface area contributed by atoms with Gasteiger partial charge in [0.05, 0.1) is 5.92 Å². The maximum Gasteiger partial charge on any atom is 0.231 e. The van der Waals surface area contributed by atoms with Gasteiger partial charge in [-0.15, -0.1) is 0 Å². The molecule has 2 atom stereocenters. The van der Waals surface area contributed by atoms with Crippen molar-refractivity contribution in [2.24, 2.45) is 0 Å². The summed E-state index contributed by atoms with van der Waals surface area (Å²) < 4.78 is 0. The summed E-state index contributed by atoms with van der Waals surface area (Å²) in [6.07, 6.45) is 2.30. The SMILES string of the molecule is CN1CCCC(N(C)C(=O)C2CNCc3ccccc32)C1. The highest BCUT2D eigenvalue weighted by atomic mass is 16.2. The van der Waals surface area contributed by atoms with E-state index in [1.165, 1.54) is 17.5 Å². The van der Waals surface area contributed by atoms with Crippen LogP contribution in [0.2, 0.25) is 0 Å². The van der Waals surface area contributed by atoms with Gasteiger partial charge in [0.1, 0.15) is 0 Å². The summed E-state index contributed by atoms with van der Waals surface area (Å²) >= 11 is 0. The maximum absolute atomic E-state index is 12.9. The van der Waals surface area contributed by atoms with Crippen LogP contribution in [-0.2, 0) is 11.3 Å². The third-order valence-electron chi connectivity index (χ3n) is 4.89. The second-order valence-electron chi connectivity index (χ2n) is 6.39. The fourth-order valence-corrected chi connectivity index (χ4v) is 3.60. The third-order valence-corrected chi connectivity index (χ3v) is 4.89. The van der Waals surface area contributed by atoms with Crippen LogP contribution in [0.3, 0.4) is 0 Å². The van der Waals surface area contributed by atoms with E-state index in [4.69, 9.17) is 0 Å². The summed E-state index contributed by atoms with van der Waals surface area (Å²) in [4.78, 5) is 17.2. The fraction of sp³-hybridized carbons (Fsp3) is 0.588. The molecule has 1 aromatic carbocycles. The van der Waals surface area contributed by atoms with Crippen LogP contribution in [0.1, 0.15) is 29.9 Å². The van der Waals surface area contributed by atoms with E-state index in [9.17, 15) is 4.79 Å². The lowest BCUT2D eigenvalue weighted by atomic mass is 9.89. The fourth-order valence-electron chi connectivity index (χ4n) is 3.60. The number of carbonyl (C=O) groups excluding carboxylic acids is 1. The Hall–Kier alpha value is -1.39. The minimum Gasteiger partial charge on any atom is -0.341 e. The molecule has 2 unspecified atom stereocenters. The van der Waals surface area contributed by atoms with E-state index in [0.717, 1.165) is 32.6 Å². The lowest BCUT2D eigenvalue weighted by Gasteiger charge is -2.38. The molecule has 2 aliphatic heterocycles. The van der Waals surface area contributed by atoms with Crippen LogP contribution in [-0.4, -0.2) is 55.5 Å². The van der Waals surface area contributed by atoms with Crippen molar-refractivity contribution in [1.82, 2.24) is 15.1 Å². The van der Waals surface area contributed by atoms with Crippen molar-refractivity contribution in [2.45, 2.75) is 31.3 Å². The molecule has 1 saturated heterocycles. The van der Waals surface area contributed by atoms with Gasteiger partial charge >= 0.3 is 0 Å². The Labute approximate surface area is 127 Å². The van der Waals surface area contributed by atoms with Gasteiger partial charge < -0.3 is 15.1 Å². The molecule has 0 radical (unpaired) electrons. The first kappa shape index (κ1) is 14.5. The Balaban J connectivity index is 1.76. The van der Waals surface area contributed by atoms with Crippen LogP contribution in [0.4, 0.5) is 0 Å². The van der Waals surface area contributed by atoms with Gasteiger partial charge in [0.2, 0.25) is 5.91 Å². The van der Waals surface area contributed by atoms with Crippen molar-refractivity contribution >= 4 is 5.91 Å². The van der Waals surface area contributed by atoms with E-state index in [0.29, 0.717) is 6.04 Å². The van der Waals surface area contributed by atoms with Gasteiger partial charge in [0.15, 0.2) is 0 Å². The van der Waals surface area contributed by atoms with Crippen LogP contribution < -0.4 is 5.32 Å². The van der Waals surface area contributed by atoms with E-state index in [-0.39, 0.29) is 11.8 Å². The van der Waals surface area contributed by atoms with Gasteiger partial charge in [-0.25, -0.2) is 0 Å². The number of hydrogen-bond acceptors (Lipinski definition) is 3. The molecule has 1 amide bonds. The average molecular weight is 287 g/mol. The third kappa shape index (κ3) is 2.97. The number of rotatable bonds is 2. The van der Waals surface area contributed by atoms with Gasteiger partial charge in [-0.2, -0.15) is 0 Å². The highest BCUT2D eigenvalue weighted by Gasteiger charge is 2.32. The molecule has 0 aliphatic carbocycles. The Kier molecular flexibility index (Phi) is 4.27. The molecule has 0 saturated carbocycles. The molecule has 3 rings (SSSR count). The molecular formula is C17H25N3O. The Morgan fingerprint density at radius 1 is 1.38 bits per heavy atom. The molecule has 21 heavy (non-hydrogen) atoms. The Bertz CT molecular complexity index is 517. The van der Waals surface area contributed by atoms with E-state index < -0.39 is 0 Å². The zero-order valence-electron chi connectivity index (χ0n) is 13.0. The van der Waals surface area contributed by atoms with Crippen molar-refractivity contribution in [3.05, 3.63) is 35.4 Å². The van der Waals surface area contributed by atoms with Crippen molar-refractivity contribution < 1.29 is 4.79 Å². The molecule has 0 aromatic heterocycles. The summed E-state index contributed by atoms with van der Waals surface area (Å²) in [6, 6.07) is 8.67. The number of nitrogens with zero attached hydrogens (tertiary/aromatic N) is 2. The van der Waals surface area contributed by atoms with E-state index >= 15 is 0 Å². The number of benzene rings is 1. The number of likely N-dealkylation sites (N-methyl/N-ethyl adjacent to an activating group) is 2. The second-order valence-corrected chi connectivity index (χ2v) is 6.39. The zero-order valence-corrected chi connectivity index (χ0v) is 13.0. The second kappa shape index (κ2) is 6.16. The molecule has 0 spiro atoms. The molecule has 2 aliphatic rings. The van der Waals surface area contributed by atoms with Gasteiger partial charge in [-0.05, 0) is 37.6 Å². The minimum absolute atomic E-state index is 0.0350. The smallest absolute Gasteiger partial charge is 0.231 e. The van der Waals surface area contributed by atoms with Crippen molar-refractivity contribution in [3.63, 3.8) is 0 Å². The summed E-state index contributed by atoms with van der Waals surface area (Å²) in [7, 11) is 4.12. The molecule has 114 valence electrons. The van der Waals surface area contributed by atoms with Crippen LogP contribution in [0.25, 0.3) is 0 Å². The Morgan fingerprint density at radius 3 is 3.00 bits per heavy atom. The van der Waals surface area contributed by atoms with Gasteiger partial charge in [-0.1, -0.05) is 24.3 Å². The quantitative estimate of drug-likeness (QED) is 0.894. The number of fused-ring (bicyclic) bond motifs is 1. The highest BCUT2D eigenvalue weighted by molar-refractivity contribution is 5.84. The van der Waals surface area contributed by atoms with Crippen LogP contribution >= 0.6 is 0 Å². The molecular weight excluding hydrogens is 262 g/mol. The summed E-state index contributed by atoms with van der Waals surface area (Å²) in [5.74, 6) is 0.224. The zero-order chi connectivity index (χ0) is 14.8. The van der Waals surface area contributed by atoms with E-state index in [2.05, 4.69) is 29.4 Å². The van der Waals surface area contributed by atoms with E-state index in [1.54, 1.807) is 0 Å². The lowest BCUT2D eigenvalue weighted by Crippen LogP contribution is -2.50. The predicted octanol–water partition coefficient (Wildman–Crippen LogP) is 1.43. The lowest BCUT2D eigenvalue weighted by molar-refractivity contribution is -0.134. The van der Waals surface area contributed by atoms with Crippen molar-refractivity contribution in [1.29, 1.82) is 0 Å². The van der Waals surface area contributed by atoms with Crippen LogP contribution in [0, 0.1) is 0 Å². The first-order chi connectivity index (χ1) is 10.2. The molecule has 1 N–H and O–H groups in total. The molecule has 2 heterocycles. The van der Waals surface area contributed by atoms with Gasteiger partial charge in [0.25, 0.3) is 0 Å². The molecule has 0 bridgehead atoms. The monoisotopic (exact) mass is 287 g/mol. The maximum atomic E-state index is 12.9. The van der Waals surface area contributed by atoms with Crippen LogP contribution in [0.15, 0.2) is 24.3 Å². The first-order valence-electron chi connectivity index (χ1n) is 7.90. The number of likely N-dealkylation sites (tertiary alicyclic amines) is 1.